The van der Waals surface area contributed by atoms with Crippen molar-refractivity contribution in [3.63, 3.8) is 0 Å². The summed E-state index contributed by atoms with van der Waals surface area (Å²) in [6.45, 7) is 13.9. The maximum absolute atomic E-state index is 5.94. The van der Waals surface area contributed by atoms with Gasteiger partial charge in [0.25, 0.3) is 0 Å². The van der Waals surface area contributed by atoms with Gasteiger partial charge in [0, 0.05) is 0 Å². The van der Waals surface area contributed by atoms with Crippen molar-refractivity contribution in [3.8, 4) is 0 Å². The van der Waals surface area contributed by atoms with Crippen LogP contribution in [0.5, 0.6) is 0 Å². The maximum atomic E-state index is 5.94. The minimum Gasteiger partial charge on any atom is -0.399 e. The maximum Gasteiger partial charge on any atom is 0.494 e. The van der Waals surface area contributed by atoms with Crippen molar-refractivity contribution in [2.24, 2.45) is 0 Å². The summed E-state index contributed by atoms with van der Waals surface area (Å²) in [5.74, 6) is 0. The third-order valence-corrected chi connectivity index (χ3v) is 3.19. The molecular weight excluding hydrogens is 199 g/mol. The predicted octanol–water partition coefficient (Wildman–Crippen LogP) is 3.31. The first-order valence-electron chi connectivity index (χ1n) is 5.65. The first-order chi connectivity index (χ1) is 7.34. The molecule has 0 aliphatic carbocycles. The zero-order valence-corrected chi connectivity index (χ0v) is 10.9. The summed E-state index contributed by atoms with van der Waals surface area (Å²) in [6, 6.07) is 0. The van der Waals surface area contributed by atoms with Crippen LogP contribution >= 0.6 is 0 Å². The fourth-order valence-corrected chi connectivity index (χ4v) is 1.52. The van der Waals surface area contributed by atoms with Crippen molar-refractivity contribution in [2.45, 2.75) is 45.8 Å². The van der Waals surface area contributed by atoms with Crippen molar-refractivity contribution in [1.82, 2.24) is 0 Å². The van der Waals surface area contributed by atoms with E-state index in [1.54, 1.807) is 6.08 Å². The van der Waals surface area contributed by atoms with Crippen LogP contribution in [0, 0.1) is 0 Å². The van der Waals surface area contributed by atoms with E-state index in [-0.39, 0.29) is 18.3 Å². The second-order valence-electron chi connectivity index (χ2n) is 4.99. The van der Waals surface area contributed by atoms with Crippen molar-refractivity contribution in [1.29, 1.82) is 0 Å². The van der Waals surface area contributed by atoms with E-state index in [2.05, 4.69) is 6.58 Å². The van der Waals surface area contributed by atoms with Gasteiger partial charge in [0.2, 0.25) is 0 Å². The average Bonchev–Trinajstić information content (AvgIpc) is 2.36. The van der Waals surface area contributed by atoms with Gasteiger partial charge in [-0.1, -0.05) is 30.9 Å². The molecule has 0 atom stereocenters. The predicted molar refractivity (Wildman–Crippen MR) is 69.2 cm³/mol. The van der Waals surface area contributed by atoms with E-state index in [4.69, 9.17) is 9.31 Å². The third-order valence-electron chi connectivity index (χ3n) is 3.19. The second-order valence-corrected chi connectivity index (χ2v) is 4.99. The third kappa shape index (κ3) is 2.47. The van der Waals surface area contributed by atoms with E-state index < -0.39 is 0 Å². The first kappa shape index (κ1) is 13.3. The molecule has 3 heteroatoms. The molecule has 0 aromatic heterocycles. The van der Waals surface area contributed by atoms with Crippen LogP contribution in [0.3, 0.4) is 0 Å². The van der Waals surface area contributed by atoms with Gasteiger partial charge < -0.3 is 9.31 Å². The van der Waals surface area contributed by atoms with Crippen molar-refractivity contribution >= 4 is 7.12 Å². The lowest BCUT2D eigenvalue weighted by Crippen LogP contribution is -2.41. The Balaban J connectivity index is 2.93. The Bertz CT molecular complexity index is 311. The monoisotopic (exact) mass is 220 g/mol. The van der Waals surface area contributed by atoms with Crippen LogP contribution in [0.4, 0.5) is 0 Å². The Kier molecular flexibility index (Phi) is 3.82. The summed E-state index contributed by atoms with van der Waals surface area (Å²) >= 11 is 0. The normalized spacial score (nSPS) is 24.1. The lowest BCUT2D eigenvalue weighted by Gasteiger charge is -2.32. The molecule has 0 amide bonds. The van der Waals surface area contributed by atoms with Gasteiger partial charge in [-0.3, -0.25) is 0 Å². The molecule has 0 unspecified atom stereocenters. The molecule has 0 spiro atoms. The number of rotatable bonds is 3. The highest BCUT2D eigenvalue weighted by molar-refractivity contribution is 6.55. The van der Waals surface area contributed by atoms with Crippen LogP contribution in [0.2, 0.25) is 0 Å². The van der Waals surface area contributed by atoms with E-state index in [0.717, 1.165) is 5.47 Å². The molecule has 2 nitrogen and oxygen atoms in total. The highest BCUT2D eigenvalue weighted by Crippen LogP contribution is 2.38. The zero-order chi connectivity index (χ0) is 12.4. The molecule has 0 saturated carbocycles. The SMILES string of the molecule is C=CC=C(C=CC)B1OC(C)(C)C(C)(C)O1. The van der Waals surface area contributed by atoms with Gasteiger partial charge >= 0.3 is 7.12 Å². The molecule has 0 aromatic carbocycles. The van der Waals surface area contributed by atoms with Crippen molar-refractivity contribution < 1.29 is 9.31 Å². The highest BCUT2D eigenvalue weighted by atomic mass is 16.7. The number of allylic oxidation sites excluding steroid dienone is 5. The summed E-state index contributed by atoms with van der Waals surface area (Å²) < 4.78 is 11.9. The molecule has 88 valence electrons. The molecule has 1 saturated heterocycles. The summed E-state index contributed by atoms with van der Waals surface area (Å²) in [5.41, 5.74) is 0.412. The van der Waals surface area contributed by atoms with Crippen LogP contribution < -0.4 is 0 Å². The Morgan fingerprint density at radius 1 is 1.12 bits per heavy atom. The van der Waals surface area contributed by atoms with Gasteiger partial charge in [-0.05, 0) is 40.1 Å². The van der Waals surface area contributed by atoms with Gasteiger partial charge in [-0.25, -0.2) is 0 Å². The fraction of sp³-hybridized carbons (Fsp3) is 0.538. The van der Waals surface area contributed by atoms with Crippen LogP contribution in [-0.4, -0.2) is 18.3 Å². The highest BCUT2D eigenvalue weighted by Gasteiger charge is 2.51. The van der Waals surface area contributed by atoms with E-state index >= 15 is 0 Å². The van der Waals surface area contributed by atoms with Crippen LogP contribution in [0.1, 0.15) is 34.6 Å². The van der Waals surface area contributed by atoms with Gasteiger partial charge in [0.05, 0.1) is 11.2 Å². The average molecular weight is 220 g/mol. The molecule has 1 aliphatic heterocycles. The lowest BCUT2D eigenvalue weighted by atomic mass is 9.77. The van der Waals surface area contributed by atoms with E-state index in [1.165, 1.54) is 0 Å². The van der Waals surface area contributed by atoms with Crippen molar-refractivity contribution in [2.75, 3.05) is 0 Å². The minimum absolute atomic E-state index is 0.292. The number of hydrogen-bond donors (Lipinski definition) is 0. The summed E-state index contributed by atoms with van der Waals surface area (Å²) in [5, 5.41) is 0. The Hall–Kier alpha value is -0.795. The molecule has 0 N–H and O–H groups in total. The molecule has 0 radical (unpaired) electrons. The van der Waals surface area contributed by atoms with Gasteiger partial charge in [0.1, 0.15) is 0 Å². The summed E-state index contributed by atoms with van der Waals surface area (Å²) in [4.78, 5) is 0. The first-order valence-corrected chi connectivity index (χ1v) is 5.65. The van der Waals surface area contributed by atoms with Crippen LogP contribution in [-0.2, 0) is 9.31 Å². The molecule has 16 heavy (non-hydrogen) atoms. The molecule has 0 bridgehead atoms. The summed E-state index contributed by atoms with van der Waals surface area (Å²) in [6.07, 6.45) is 7.63. The molecule has 1 aliphatic rings. The number of hydrogen-bond acceptors (Lipinski definition) is 2. The van der Waals surface area contributed by atoms with Gasteiger partial charge in [0.15, 0.2) is 0 Å². The van der Waals surface area contributed by atoms with E-state index in [1.807, 2.05) is 52.8 Å². The Labute approximate surface area is 99.2 Å². The largest absolute Gasteiger partial charge is 0.494 e. The molecular formula is C13H21BO2. The standard InChI is InChI=1S/C13H21BO2/c1-7-9-11(10-8-2)14-15-12(3,4)13(5,6)16-14/h7-10H,1H2,2-6H3. The minimum atomic E-state index is -0.306. The summed E-state index contributed by atoms with van der Waals surface area (Å²) in [7, 11) is -0.306. The van der Waals surface area contributed by atoms with Gasteiger partial charge in [-0.2, -0.15) is 0 Å². The molecule has 1 heterocycles. The van der Waals surface area contributed by atoms with Crippen molar-refractivity contribution in [3.05, 3.63) is 36.4 Å². The Morgan fingerprint density at radius 2 is 1.62 bits per heavy atom. The molecule has 1 rings (SSSR count). The van der Waals surface area contributed by atoms with Crippen LogP contribution in [0.15, 0.2) is 36.4 Å². The Morgan fingerprint density at radius 3 is 2.00 bits per heavy atom. The van der Waals surface area contributed by atoms with Gasteiger partial charge in [-0.15, -0.1) is 0 Å². The smallest absolute Gasteiger partial charge is 0.399 e. The molecule has 1 fully saturated rings. The van der Waals surface area contributed by atoms with Crippen LogP contribution in [0.25, 0.3) is 0 Å². The zero-order valence-electron chi connectivity index (χ0n) is 10.9. The second kappa shape index (κ2) is 4.60. The molecule has 0 aromatic rings. The topological polar surface area (TPSA) is 18.5 Å². The fourth-order valence-electron chi connectivity index (χ4n) is 1.52. The quantitative estimate of drug-likeness (QED) is 0.536. The lowest BCUT2D eigenvalue weighted by molar-refractivity contribution is 0.00578. The van der Waals surface area contributed by atoms with E-state index in [9.17, 15) is 0 Å². The van der Waals surface area contributed by atoms with E-state index in [0.29, 0.717) is 0 Å².